The van der Waals surface area contributed by atoms with Crippen molar-refractivity contribution in [2.45, 2.75) is 19.3 Å². The number of halogens is 2. The molecule has 1 heterocycles. The summed E-state index contributed by atoms with van der Waals surface area (Å²) in [4.78, 5) is 21.5. The minimum Gasteiger partial charge on any atom is -0.339 e. The Balaban J connectivity index is 1.71. The van der Waals surface area contributed by atoms with Gasteiger partial charge >= 0.3 is 0 Å². The number of aryl methyl sites for hydroxylation is 1. The van der Waals surface area contributed by atoms with Gasteiger partial charge < -0.3 is 10.6 Å². The number of fused-ring (bicyclic) bond motifs is 1. The second-order valence-corrected chi connectivity index (χ2v) is 6.69. The van der Waals surface area contributed by atoms with Gasteiger partial charge in [-0.25, -0.2) is 9.37 Å². The summed E-state index contributed by atoms with van der Waals surface area (Å²) >= 11 is 5.92. The van der Waals surface area contributed by atoms with Gasteiger partial charge in [0.2, 0.25) is 5.95 Å². The van der Waals surface area contributed by atoms with Gasteiger partial charge in [0, 0.05) is 22.8 Å². The second-order valence-electron chi connectivity index (χ2n) is 6.26. The molecule has 0 saturated heterocycles. The van der Waals surface area contributed by atoms with Crippen LogP contribution in [0.2, 0.25) is 5.02 Å². The maximum atomic E-state index is 13.2. The summed E-state index contributed by atoms with van der Waals surface area (Å²) < 4.78 is 13.2. The fourth-order valence-electron chi connectivity index (χ4n) is 3.00. The summed E-state index contributed by atoms with van der Waals surface area (Å²) in [6.07, 6.45) is 1.94. The van der Waals surface area contributed by atoms with E-state index in [2.05, 4.69) is 20.6 Å². The number of hydrogen-bond acceptors (Lipinski definition) is 5. The highest BCUT2D eigenvalue weighted by atomic mass is 35.5. The van der Waals surface area contributed by atoms with Gasteiger partial charge in [0.15, 0.2) is 5.78 Å². The average Bonchev–Trinajstić information content (AvgIpc) is 2.65. The highest BCUT2D eigenvalue weighted by molar-refractivity contribution is 6.30. The Hall–Kier alpha value is -2.99. The number of ketones is 1. The minimum atomic E-state index is -0.327. The van der Waals surface area contributed by atoms with E-state index in [1.54, 1.807) is 24.3 Å². The standard InChI is InChI=1S/C20H16ClFN4O/c21-12-4-8-15(9-5-12)24-20-25-16-2-1-3-17(27)18(16)19(26-20)23-14-10-6-13(22)7-11-14/h4-11H,1-3H2,(H2,23,24,25,26). The van der Waals surface area contributed by atoms with Crippen LogP contribution in [0.5, 0.6) is 0 Å². The third kappa shape index (κ3) is 3.90. The van der Waals surface area contributed by atoms with Gasteiger partial charge in [-0.15, -0.1) is 0 Å². The molecule has 0 atom stereocenters. The quantitative estimate of drug-likeness (QED) is 0.643. The van der Waals surface area contributed by atoms with Crippen LogP contribution in [0.1, 0.15) is 28.9 Å². The van der Waals surface area contributed by atoms with Crippen molar-refractivity contribution in [3.8, 4) is 0 Å². The fourth-order valence-corrected chi connectivity index (χ4v) is 3.13. The number of Topliss-reactive ketones (excluding diaryl/α,β-unsaturated/α-hetero) is 1. The van der Waals surface area contributed by atoms with Crippen LogP contribution in [-0.2, 0) is 6.42 Å². The van der Waals surface area contributed by atoms with Gasteiger partial charge in [-0.1, -0.05) is 11.6 Å². The summed E-state index contributed by atoms with van der Waals surface area (Å²) in [6.45, 7) is 0. The van der Waals surface area contributed by atoms with Crippen LogP contribution in [0.25, 0.3) is 0 Å². The predicted molar refractivity (Wildman–Crippen MR) is 104 cm³/mol. The molecular formula is C20H16ClFN4O. The van der Waals surface area contributed by atoms with Crippen molar-refractivity contribution < 1.29 is 9.18 Å². The van der Waals surface area contributed by atoms with Crippen molar-refractivity contribution in [1.29, 1.82) is 0 Å². The molecule has 2 N–H and O–H groups in total. The third-order valence-corrected chi connectivity index (χ3v) is 4.54. The first kappa shape index (κ1) is 17.4. The molecule has 2 aromatic carbocycles. The van der Waals surface area contributed by atoms with Gasteiger partial charge in [-0.05, 0) is 61.4 Å². The second kappa shape index (κ2) is 7.32. The molecule has 0 spiro atoms. The van der Waals surface area contributed by atoms with E-state index in [1.165, 1.54) is 12.1 Å². The smallest absolute Gasteiger partial charge is 0.229 e. The maximum Gasteiger partial charge on any atom is 0.229 e. The van der Waals surface area contributed by atoms with Crippen LogP contribution in [0.3, 0.4) is 0 Å². The van der Waals surface area contributed by atoms with Crippen LogP contribution in [-0.4, -0.2) is 15.8 Å². The van der Waals surface area contributed by atoms with E-state index in [-0.39, 0.29) is 11.6 Å². The summed E-state index contributed by atoms with van der Waals surface area (Å²) in [6, 6.07) is 13.1. The van der Waals surface area contributed by atoms with E-state index < -0.39 is 0 Å². The number of nitrogens with zero attached hydrogens (tertiary/aromatic N) is 2. The van der Waals surface area contributed by atoms with E-state index in [1.807, 2.05) is 12.1 Å². The number of aromatic nitrogens is 2. The molecule has 0 amide bonds. The van der Waals surface area contributed by atoms with Gasteiger partial charge in [0.05, 0.1) is 11.3 Å². The maximum absolute atomic E-state index is 13.2. The summed E-state index contributed by atoms with van der Waals surface area (Å²) in [5.41, 5.74) is 2.65. The highest BCUT2D eigenvalue weighted by Crippen LogP contribution is 2.30. The Bertz CT molecular complexity index is 990. The zero-order valence-electron chi connectivity index (χ0n) is 14.3. The Labute approximate surface area is 160 Å². The largest absolute Gasteiger partial charge is 0.339 e. The molecule has 27 heavy (non-hydrogen) atoms. The van der Waals surface area contributed by atoms with E-state index in [0.29, 0.717) is 46.6 Å². The summed E-state index contributed by atoms with van der Waals surface area (Å²) in [5, 5.41) is 6.90. The van der Waals surface area contributed by atoms with E-state index in [4.69, 9.17) is 11.6 Å². The molecule has 1 aliphatic rings. The lowest BCUT2D eigenvalue weighted by Gasteiger charge is -2.19. The van der Waals surface area contributed by atoms with Crippen molar-refractivity contribution in [2.24, 2.45) is 0 Å². The van der Waals surface area contributed by atoms with E-state index in [9.17, 15) is 9.18 Å². The van der Waals surface area contributed by atoms with Gasteiger partial charge in [-0.2, -0.15) is 4.98 Å². The molecule has 5 nitrogen and oxygen atoms in total. The van der Waals surface area contributed by atoms with E-state index in [0.717, 1.165) is 12.1 Å². The molecule has 7 heteroatoms. The van der Waals surface area contributed by atoms with Crippen LogP contribution >= 0.6 is 11.6 Å². The number of carbonyl (C=O) groups is 1. The Morgan fingerprint density at radius 2 is 1.56 bits per heavy atom. The lowest BCUT2D eigenvalue weighted by molar-refractivity contribution is 0.0972. The first-order valence-corrected chi connectivity index (χ1v) is 8.95. The lowest BCUT2D eigenvalue weighted by atomic mass is 9.95. The summed E-state index contributed by atoms with van der Waals surface area (Å²) in [5.74, 6) is 0.494. The third-order valence-electron chi connectivity index (χ3n) is 4.29. The highest BCUT2D eigenvalue weighted by Gasteiger charge is 2.24. The number of nitrogens with one attached hydrogen (secondary N) is 2. The van der Waals surface area contributed by atoms with Gasteiger partial charge in [0.25, 0.3) is 0 Å². The lowest BCUT2D eigenvalue weighted by Crippen LogP contribution is -2.17. The van der Waals surface area contributed by atoms with Crippen molar-refractivity contribution in [3.05, 3.63) is 70.6 Å². The molecule has 0 bridgehead atoms. The SMILES string of the molecule is O=C1CCCc2nc(Nc3ccc(Cl)cc3)nc(Nc3ccc(F)cc3)c21. The summed E-state index contributed by atoms with van der Waals surface area (Å²) in [7, 11) is 0. The number of benzene rings is 2. The molecule has 0 saturated carbocycles. The molecule has 136 valence electrons. The van der Waals surface area contributed by atoms with Crippen LogP contribution in [0.4, 0.5) is 27.5 Å². The van der Waals surface area contributed by atoms with Crippen molar-refractivity contribution in [1.82, 2.24) is 9.97 Å². The number of carbonyl (C=O) groups excluding carboxylic acids is 1. The number of rotatable bonds is 4. The molecule has 0 fully saturated rings. The molecule has 0 radical (unpaired) electrons. The van der Waals surface area contributed by atoms with Gasteiger partial charge in [0.1, 0.15) is 11.6 Å². The molecular weight excluding hydrogens is 367 g/mol. The Kier molecular flexibility index (Phi) is 4.73. The zero-order valence-corrected chi connectivity index (χ0v) is 15.1. The first-order valence-electron chi connectivity index (χ1n) is 8.58. The fraction of sp³-hybridized carbons (Fsp3) is 0.150. The Morgan fingerprint density at radius 1 is 0.889 bits per heavy atom. The molecule has 0 unspecified atom stereocenters. The topological polar surface area (TPSA) is 66.9 Å². The Morgan fingerprint density at radius 3 is 2.30 bits per heavy atom. The predicted octanol–water partition coefficient (Wildman–Crippen LogP) is 5.28. The van der Waals surface area contributed by atoms with Gasteiger partial charge in [-0.3, -0.25) is 4.79 Å². The molecule has 4 rings (SSSR count). The van der Waals surface area contributed by atoms with Crippen LogP contribution in [0.15, 0.2) is 48.5 Å². The van der Waals surface area contributed by atoms with Crippen molar-refractivity contribution in [2.75, 3.05) is 10.6 Å². The number of hydrogen-bond donors (Lipinski definition) is 2. The first-order chi connectivity index (χ1) is 13.1. The zero-order chi connectivity index (χ0) is 18.8. The van der Waals surface area contributed by atoms with Crippen LogP contribution < -0.4 is 10.6 Å². The molecule has 3 aromatic rings. The normalized spacial score (nSPS) is 13.2. The van der Waals surface area contributed by atoms with E-state index >= 15 is 0 Å². The monoisotopic (exact) mass is 382 g/mol. The van der Waals surface area contributed by atoms with Crippen molar-refractivity contribution >= 4 is 40.5 Å². The molecule has 1 aliphatic carbocycles. The van der Waals surface area contributed by atoms with Crippen molar-refractivity contribution in [3.63, 3.8) is 0 Å². The van der Waals surface area contributed by atoms with Crippen LogP contribution in [0, 0.1) is 5.82 Å². The average molecular weight is 383 g/mol. The minimum absolute atomic E-state index is 0.0129. The number of anilines is 4. The molecule has 1 aromatic heterocycles. The molecule has 0 aliphatic heterocycles.